The lowest BCUT2D eigenvalue weighted by atomic mass is 10.2. The molecule has 1 amide bonds. The van der Waals surface area contributed by atoms with E-state index in [9.17, 15) is 35.2 Å². The van der Waals surface area contributed by atoms with E-state index in [1.54, 1.807) is 0 Å². The Balaban J connectivity index is 2.73. The quantitative estimate of drug-likeness (QED) is 0.753. The summed E-state index contributed by atoms with van der Waals surface area (Å²) in [7, 11) is -3.64. The molecule has 0 spiro atoms. The minimum Gasteiger partial charge on any atom is -0.343 e. The van der Waals surface area contributed by atoms with Crippen LogP contribution in [0.4, 0.5) is 22.0 Å². The number of halogens is 5. The minimum atomic E-state index is -6.02. The summed E-state index contributed by atoms with van der Waals surface area (Å²) in [6.07, 6.45) is -5.18. The van der Waals surface area contributed by atoms with E-state index in [1.165, 1.54) is 5.32 Å². The van der Waals surface area contributed by atoms with E-state index in [0.717, 1.165) is 6.08 Å². The normalized spacial score (nSPS) is 23.7. The maximum atomic E-state index is 12.5. The first kappa shape index (κ1) is 13.9. The first-order valence-corrected chi connectivity index (χ1v) is 5.84. The van der Waals surface area contributed by atoms with Gasteiger partial charge in [0.2, 0.25) is 0 Å². The van der Waals surface area contributed by atoms with E-state index in [-0.39, 0.29) is 0 Å². The molecule has 0 aliphatic carbocycles. The first-order chi connectivity index (χ1) is 7.46. The van der Waals surface area contributed by atoms with Crippen molar-refractivity contribution in [3.8, 4) is 0 Å². The van der Waals surface area contributed by atoms with Crippen LogP contribution in [0.1, 0.15) is 0 Å². The van der Waals surface area contributed by atoms with Gasteiger partial charge in [0.1, 0.15) is 0 Å². The molecule has 1 unspecified atom stereocenters. The molecule has 1 atom stereocenters. The number of nitrogens with one attached hydrogen (secondary N) is 1. The van der Waals surface area contributed by atoms with Crippen molar-refractivity contribution >= 4 is 15.7 Å². The summed E-state index contributed by atoms with van der Waals surface area (Å²) >= 11 is 0. The number of carbonyl (C=O) groups excluding carboxylic acids is 1. The molecular weight excluding hydrogens is 273 g/mol. The number of hydrogen-bond donors (Lipinski definition) is 1. The van der Waals surface area contributed by atoms with Gasteiger partial charge in [-0.1, -0.05) is 0 Å². The van der Waals surface area contributed by atoms with E-state index in [2.05, 4.69) is 0 Å². The third-order valence-corrected chi connectivity index (χ3v) is 3.28. The van der Waals surface area contributed by atoms with Crippen molar-refractivity contribution in [3.63, 3.8) is 0 Å². The molecule has 1 aliphatic heterocycles. The molecule has 17 heavy (non-hydrogen) atoms. The molecule has 0 radical (unpaired) electrons. The van der Waals surface area contributed by atoms with Crippen LogP contribution in [0.3, 0.4) is 0 Å². The lowest BCUT2D eigenvalue weighted by Gasteiger charge is -2.20. The van der Waals surface area contributed by atoms with Crippen molar-refractivity contribution in [2.24, 2.45) is 0 Å². The molecule has 0 bridgehead atoms. The number of hydrogen-bond acceptors (Lipinski definition) is 3. The highest BCUT2D eigenvalue weighted by Crippen LogP contribution is 2.35. The highest BCUT2D eigenvalue weighted by molar-refractivity contribution is 7.94. The van der Waals surface area contributed by atoms with Crippen molar-refractivity contribution in [3.05, 3.63) is 11.5 Å². The summed E-state index contributed by atoms with van der Waals surface area (Å²) in [6, 6.07) is -1.37. The smallest absolute Gasteiger partial charge is 0.343 e. The van der Waals surface area contributed by atoms with E-state index < -0.39 is 39.6 Å². The van der Waals surface area contributed by atoms with Gasteiger partial charge in [0.15, 0.2) is 9.84 Å². The van der Waals surface area contributed by atoms with Gasteiger partial charge < -0.3 is 5.32 Å². The molecule has 0 saturated carbocycles. The van der Waals surface area contributed by atoms with Crippen molar-refractivity contribution in [2.75, 3.05) is 5.75 Å². The molecule has 0 fully saturated rings. The fourth-order valence-electron chi connectivity index (χ4n) is 1.05. The number of carbonyl (C=O) groups is 1. The predicted molar refractivity (Wildman–Crippen MR) is 45.9 cm³/mol. The summed E-state index contributed by atoms with van der Waals surface area (Å²) in [6.45, 7) is 0. The van der Waals surface area contributed by atoms with Gasteiger partial charge in [-0.2, -0.15) is 22.0 Å². The molecule has 1 rings (SSSR count). The summed E-state index contributed by atoms with van der Waals surface area (Å²) < 4.78 is 81.8. The maximum absolute atomic E-state index is 12.5. The van der Waals surface area contributed by atoms with Crippen LogP contribution in [-0.2, 0) is 14.6 Å². The average Bonchev–Trinajstić information content (AvgIpc) is 2.43. The van der Waals surface area contributed by atoms with Gasteiger partial charge in [-0.15, -0.1) is 0 Å². The number of sulfone groups is 1. The zero-order chi connectivity index (χ0) is 13.5. The Bertz CT molecular complexity index is 453. The highest BCUT2D eigenvalue weighted by atomic mass is 32.2. The zero-order valence-electron chi connectivity index (χ0n) is 7.96. The molecule has 98 valence electrons. The predicted octanol–water partition coefficient (Wildman–Crippen LogP) is 0.611. The Morgan fingerprint density at radius 1 is 1.24 bits per heavy atom. The van der Waals surface area contributed by atoms with Gasteiger partial charge in [0, 0.05) is 5.41 Å². The minimum absolute atomic E-state index is 0.643. The fourth-order valence-corrected chi connectivity index (χ4v) is 2.29. The zero-order valence-corrected chi connectivity index (χ0v) is 8.78. The second kappa shape index (κ2) is 3.93. The van der Waals surface area contributed by atoms with Gasteiger partial charge in [0.05, 0.1) is 11.8 Å². The largest absolute Gasteiger partial charge is 0.463 e. The maximum Gasteiger partial charge on any atom is 0.463 e. The summed E-state index contributed by atoms with van der Waals surface area (Å²) in [5.41, 5.74) is 0. The van der Waals surface area contributed by atoms with Crippen LogP contribution in [0, 0.1) is 0 Å². The number of amides is 1. The molecule has 0 aromatic heterocycles. The lowest BCUT2D eigenvalue weighted by molar-refractivity contribution is -0.269. The summed E-state index contributed by atoms with van der Waals surface area (Å²) in [5.74, 6) is -8.85. The molecule has 4 nitrogen and oxygen atoms in total. The van der Waals surface area contributed by atoms with E-state index in [1.807, 2.05) is 0 Å². The average molecular weight is 279 g/mol. The van der Waals surface area contributed by atoms with Crippen LogP contribution in [0.25, 0.3) is 0 Å². The van der Waals surface area contributed by atoms with Crippen molar-refractivity contribution in [2.45, 2.75) is 18.1 Å². The van der Waals surface area contributed by atoms with Crippen molar-refractivity contribution in [1.29, 1.82) is 0 Å². The number of rotatable bonds is 2. The van der Waals surface area contributed by atoms with Crippen LogP contribution in [0.15, 0.2) is 11.5 Å². The van der Waals surface area contributed by atoms with E-state index in [4.69, 9.17) is 0 Å². The standard InChI is InChI=1S/C7H6F5NO3S/c8-6(9,7(10,11)12)5(14)13-4-1-2-17(15,16)3-4/h1-2,4H,3H2,(H,13,14). The second-order valence-electron chi connectivity index (χ2n) is 3.31. The Kier molecular flexibility index (Phi) is 3.21. The van der Waals surface area contributed by atoms with Crippen LogP contribution in [0.2, 0.25) is 0 Å². The molecule has 0 aromatic rings. The van der Waals surface area contributed by atoms with E-state index >= 15 is 0 Å². The van der Waals surface area contributed by atoms with Crippen LogP contribution >= 0.6 is 0 Å². The van der Waals surface area contributed by atoms with Gasteiger partial charge in [0.25, 0.3) is 0 Å². The van der Waals surface area contributed by atoms with Gasteiger partial charge in [-0.25, -0.2) is 8.42 Å². The molecule has 0 aromatic carbocycles. The Morgan fingerprint density at radius 2 is 1.76 bits per heavy atom. The first-order valence-electron chi connectivity index (χ1n) is 4.12. The molecule has 1 N–H and O–H groups in total. The number of alkyl halides is 5. The molecule has 0 saturated heterocycles. The fraction of sp³-hybridized carbons (Fsp3) is 0.571. The van der Waals surface area contributed by atoms with Gasteiger partial charge in [-0.05, 0) is 6.08 Å². The van der Waals surface area contributed by atoms with Crippen LogP contribution in [-0.4, -0.2) is 38.2 Å². The van der Waals surface area contributed by atoms with Gasteiger partial charge in [-0.3, -0.25) is 4.79 Å². The molecule has 1 heterocycles. The molecular formula is C7H6F5NO3S. The second-order valence-corrected chi connectivity index (χ2v) is 5.24. The van der Waals surface area contributed by atoms with E-state index in [0.29, 0.717) is 5.41 Å². The third kappa shape index (κ3) is 2.93. The van der Waals surface area contributed by atoms with Gasteiger partial charge >= 0.3 is 18.0 Å². The summed E-state index contributed by atoms with van der Waals surface area (Å²) in [4.78, 5) is 10.7. The van der Waals surface area contributed by atoms with Crippen LogP contribution < -0.4 is 5.32 Å². The lowest BCUT2D eigenvalue weighted by Crippen LogP contribution is -2.53. The van der Waals surface area contributed by atoms with Crippen molar-refractivity contribution < 1.29 is 35.2 Å². The Morgan fingerprint density at radius 3 is 2.12 bits per heavy atom. The van der Waals surface area contributed by atoms with Crippen LogP contribution in [0.5, 0.6) is 0 Å². The highest BCUT2D eigenvalue weighted by Gasteiger charge is 2.63. The SMILES string of the molecule is O=C(NC1C=CS(=O)(=O)C1)C(F)(F)C(F)(F)F. The van der Waals surface area contributed by atoms with Crippen molar-refractivity contribution in [1.82, 2.24) is 5.32 Å². The molecule has 10 heteroatoms. The Labute approximate surface area is 92.4 Å². The monoisotopic (exact) mass is 279 g/mol. The summed E-state index contributed by atoms with van der Waals surface area (Å²) in [5, 5.41) is 1.95. The Hall–Kier alpha value is -1.19. The topological polar surface area (TPSA) is 63.2 Å². The third-order valence-electron chi connectivity index (χ3n) is 1.89. The molecule has 1 aliphatic rings.